The SMILES string of the molecule is CC(O)CCc1nc2ccc(N=C(N)N=C(N)N)cc2[nH]1. The van der Waals surface area contributed by atoms with E-state index in [1.165, 1.54) is 0 Å². The summed E-state index contributed by atoms with van der Waals surface area (Å²) in [7, 11) is 0. The van der Waals surface area contributed by atoms with Crippen LogP contribution >= 0.6 is 0 Å². The highest BCUT2D eigenvalue weighted by atomic mass is 16.3. The number of fused-ring (bicyclic) bond motifs is 1. The molecule has 0 saturated carbocycles. The Morgan fingerprint density at radius 2 is 2.14 bits per heavy atom. The van der Waals surface area contributed by atoms with Crippen molar-refractivity contribution in [3.63, 3.8) is 0 Å². The first kappa shape index (κ1) is 14.8. The second-order valence-electron chi connectivity index (χ2n) is 4.78. The van der Waals surface area contributed by atoms with Crippen molar-refractivity contribution in [2.45, 2.75) is 25.9 Å². The van der Waals surface area contributed by atoms with Crippen molar-refractivity contribution in [3.8, 4) is 0 Å². The van der Waals surface area contributed by atoms with Crippen molar-refractivity contribution in [2.75, 3.05) is 0 Å². The van der Waals surface area contributed by atoms with Crippen LogP contribution in [0.3, 0.4) is 0 Å². The van der Waals surface area contributed by atoms with E-state index in [0.717, 1.165) is 16.9 Å². The van der Waals surface area contributed by atoms with Crippen LogP contribution < -0.4 is 17.2 Å². The molecule has 0 aliphatic rings. The number of nitrogens with one attached hydrogen (secondary N) is 1. The number of imidazole rings is 1. The summed E-state index contributed by atoms with van der Waals surface area (Å²) in [5, 5.41) is 9.30. The molecule has 2 aromatic rings. The van der Waals surface area contributed by atoms with Gasteiger partial charge in [-0.05, 0) is 31.5 Å². The smallest absolute Gasteiger partial charge is 0.223 e. The lowest BCUT2D eigenvalue weighted by Gasteiger charge is -1.99. The number of aromatic nitrogens is 2. The normalized spacial score (nSPS) is 13.3. The molecular formula is C13H19N7O. The van der Waals surface area contributed by atoms with E-state index < -0.39 is 0 Å². The molecule has 0 amide bonds. The predicted octanol–water partition coefficient (Wildman–Crippen LogP) is 0.0959. The third-order valence-electron chi connectivity index (χ3n) is 2.80. The number of rotatable bonds is 4. The van der Waals surface area contributed by atoms with Gasteiger partial charge < -0.3 is 27.3 Å². The van der Waals surface area contributed by atoms with Crippen LogP contribution in [0, 0.1) is 0 Å². The lowest BCUT2D eigenvalue weighted by molar-refractivity contribution is 0.184. The summed E-state index contributed by atoms with van der Waals surface area (Å²) >= 11 is 0. The molecule has 1 aromatic heterocycles. The quantitative estimate of drug-likeness (QED) is 0.399. The molecule has 0 bridgehead atoms. The third-order valence-corrected chi connectivity index (χ3v) is 2.80. The minimum atomic E-state index is -0.349. The minimum Gasteiger partial charge on any atom is -0.393 e. The number of hydrogen-bond acceptors (Lipinski definition) is 3. The van der Waals surface area contributed by atoms with Crippen LogP contribution in [0.5, 0.6) is 0 Å². The molecule has 21 heavy (non-hydrogen) atoms. The van der Waals surface area contributed by atoms with Gasteiger partial charge in [-0.2, -0.15) is 4.99 Å². The second kappa shape index (κ2) is 6.23. The summed E-state index contributed by atoms with van der Waals surface area (Å²) < 4.78 is 0. The van der Waals surface area contributed by atoms with E-state index in [-0.39, 0.29) is 18.0 Å². The molecule has 112 valence electrons. The topological polar surface area (TPSA) is 152 Å². The van der Waals surface area contributed by atoms with Gasteiger partial charge in [-0.1, -0.05) is 0 Å². The number of nitrogens with two attached hydrogens (primary N) is 3. The zero-order valence-corrected chi connectivity index (χ0v) is 11.7. The highest BCUT2D eigenvalue weighted by Gasteiger charge is 2.05. The first-order valence-electron chi connectivity index (χ1n) is 6.54. The average Bonchev–Trinajstić information content (AvgIpc) is 2.77. The van der Waals surface area contributed by atoms with Gasteiger partial charge in [0.15, 0.2) is 5.96 Å². The van der Waals surface area contributed by atoms with Crippen LogP contribution in [0.4, 0.5) is 5.69 Å². The van der Waals surface area contributed by atoms with Crippen molar-refractivity contribution in [3.05, 3.63) is 24.0 Å². The maximum atomic E-state index is 9.30. The van der Waals surface area contributed by atoms with E-state index in [4.69, 9.17) is 17.2 Å². The van der Waals surface area contributed by atoms with Gasteiger partial charge in [-0.25, -0.2) is 9.98 Å². The summed E-state index contributed by atoms with van der Waals surface area (Å²) in [6.07, 6.45) is 0.987. The monoisotopic (exact) mass is 289 g/mol. The number of aliphatic hydroxyl groups excluding tert-OH is 1. The fraction of sp³-hybridized carbons (Fsp3) is 0.308. The highest BCUT2D eigenvalue weighted by Crippen LogP contribution is 2.20. The Morgan fingerprint density at radius 1 is 1.38 bits per heavy atom. The van der Waals surface area contributed by atoms with Gasteiger partial charge in [-0.3, -0.25) is 0 Å². The molecule has 1 atom stereocenters. The number of benzene rings is 1. The van der Waals surface area contributed by atoms with Gasteiger partial charge in [0.25, 0.3) is 0 Å². The maximum Gasteiger partial charge on any atom is 0.223 e. The molecule has 0 spiro atoms. The van der Waals surface area contributed by atoms with Gasteiger partial charge in [-0.15, -0.1) is 0 Å². The Bertz CT molecular complexity index is 683. The first-order valence-corrected chi connectivity index (χ1v) is 6.54. The number of nitrogens with zero attached hydrogens (tertiary/aromatic N) is 3. The fourth-order valence-electron chi connectivity index (χ4n) is 1.87. The summed E-state index contributed by atoms with van der Waals surface area (Å²) in [5.41, 5.74) is 18.3. The average molecular weight is 289 g/mol. The van der Waals surface area contributed by atoms with E-state index in [1.807, 2.05) is 12.1 Å². The lowest BCUT2D eigenvalue weighted by Crippen LogP contribution is -2.26. The summed E-state index contributed by atoms with van der Waals surface area (Å²) in [6, 6.07) is 5.42. The molecule has 2 rings (SSSR count). The Kier molecular flexibility index (Phi) is 4.39. The molecule has 0 saturated heterocycles. The van der Waals surface area contributed by atoms with Crippen LogP contribution in [0.25, 0.3) is 11.0 Å². The van der Waals surface area contributed by atoms with E-state index in [9.17, 15) is 5.11 Å². The van der Waals surface area contributed by atoms with Crippen LogP contribution in [0.1, 0.15) is 19.2 Å². The van der Waals surface area contributed by atoms with Crippen molar-refractivity contribution >= 4 is 28.6 Å². The Labute approximate surface area is 121 Å². The molecule has 0 aliphatic carbocycles. The van der Waals surface area contributed by atoms with E-state index in [2.05, 4.69) is 20.0 Å². The fourth-order valence-corrected chi connectivity index (χ4v) is 1.87. The largest absolute Gasteiger partial charge is 0.393 e. The zero-order chi connectivity index (χ0) is 15.4. The molecule has 8 N–H and O–H groups in total. The van der Waals surface area contributed by atoms with Crippen LogP contribution in [0.15, 0.2) is 28.2 Å². The molecule has 1 heterocycles. The Hall–Kier alpha value is -2.61. The third kappa shape index (κ3) is 4.18. The van der Waals surface area contributed by atoms with Gasteiger partial charge in [0.2, 0.25) is 5.96 Å². The number of H-pyrrole nitrogens is 1. The van der Waals surface area contributed by atoms with E-state index in [1.54, 1.807) is 13.0 Å². The molecule has 1 unspecified atom stereocenters. The second-order valence-corrected chi connectivity index (χ2v) is 4.78. The zero-order valence-electron chi connectivity index (χ0n) is 11.7. The highest BCUT2D eigenvalue weighted by molar-refractivity contribution is 5.94. The minimum absolute atomic E-state index is 0.0109. The molecule has 0 fully saturated rings. The van der Waals surface area contributed by atoms with Crippen molar-refractivity contribution < 1.29 is 5.11 Å². The predicted molar refractivity (Wildman–Crippen MR) is 83.2 cm³/mol. The van der Waals surface area contributed by atoms with Crippen LogP contribution in [-0.4, -0.2) is 33.1 Å². The van der Waals surface area contributed by atoms with E-state index >= 15 is 0 Å². The van der Waals surface area contributed by atoms with Crippen molar-refractivity contribution in [1.82, 2.24) is 9.97 Å². The summed E-state index contributed by atoms with van der Waals surface area (Å²) in [4.78, 5) is 15.4. The van der Waals surface area contributed by atoms with Gasteiger partial charge >= 0.3 is 0 Å². The number of aliphatic imine (C=N–C) groups is 2. The Balaban J connectivity index is 2.23. The molecule has 8 heteroatoms. The Morgan fingerprint density at radius 3 is 2.81 bits per heavy atom. The number of hydrogen-bond donors (Lipinski definition) is 5. The molecule has 0 aliphatic heterocycles. The van der Waals surface area contributed by atoms with Crippen LogP contribution in [-0.2, 0) is 6.42 Å². The number of aliphatic hydroxyl groups is 1. The number of aromatic amines is 1. The summed E-state index contributed by atoms with van der Waals surface area (Å²) in [5.74, 6) is 0.673. The standard InChI is InChI=1S/C13H19N7O/c1-7(21)2-5-11-18-9-4-3-8(6-10(9)19-11)17-13(16)20-12(14)15/h3-4,6-7,21H,2,5H2,1H3,(H,18,19)(H6,14,15,16,17,20). The molecule has 0 radical (unpaired) electrons. The van der Waals surface area contributed by atoms with Gasteiger partial charge in [0.05, 0.1) is 22.8 Å². The lowest BCUT2D eigenvalue weighted by atomic mass is 10.2. The van der Waals surface area contributed by atoms with Crippen molar-refractivity contribution in [2.24, 2.45) is 27.2 Å². The first-order chi connectivity index (χ1) is 9.94. The molecular weight excluding hydrogens is 270 g/mol. The summed E-state index contributed by atoms with van der Waals surface area (Å²) in [6.45, 7) is 1.75. The van der Waals surface area contributed by atoms with Gasteiger partial charge in [0.1, 0.15) is 5.82 Å². The van der Waals surface area contributed by atoms with E-state index in [0.29, 0.717) is 18.5 Å². The maximum absolute atomic E-state index is 9.30. The van der Waals surface area contributed by atoms with Crippen molar-refractivity contribution in [1.29, 1.82) is 0 Å². The van der Waals surface area contributed by atoms with Crippen LogP contribution in [0.2, 0.25) is 0 Å². The molecule has 8 nitrogen and oxygen atoms in total. The van der Waals surface area contributed by atoms with Gasteiger partial charge in [0, 0.05) is 6.42 Å². The number of aryl methyl sites for hydroxylation is 1. The molecule has 1 aromatic carbocycles. The number of guanidine groups is 2.